The molecule has 3 heterocycles. The molecule has 1 amide bonds. The molecule has 5 rings (SSSR count). The molecule has 0 unspecified atom stereocenters. The molecule has 0 aliphatic carbocycles. The van der Waals surface area contributed by atoms with E-state index in [0.717, 1.165) is 38.0 Å². The van der Waals surface area contributed by atoms with Crippen LogP contribution in [0.2, 0.25) is 5.02 Å². The first-order chi connectivity index (χ1) is 15.7. The summed E-state index contributed by atoms with van der Waals surface area (Å²) in [5.41, 5.74) is 3.43. The third kappa shape index (κ3) is 4.52. The molecule has 2 aromatic heterocycles. The number of hydrogen-bond donors (Lipinski definition) is 1. The molecule has 0 spiro atoms. The second-order valence-electron chi connectivity index (χ2n) is 8.19. The predicted octanol–water partition coefficient (Wildman–Crippen LogP) is 4.44. The van der Waals surface area contributed by atoms with Crippen molar-refractivity contribution in [2.75, 3.05) is 13.1 Å². The summed E-state index contributed by atoms with van der Waals surface area (Å²) >= 11 is 6.11. The van der Waals surface area contributed by atoms with E-state index in [2.05, 4.69) is 44.7 Å². The number of carbonyl (C=O) groups excluding carboxylic acids is 1. The van der Waals surface area contributed by atoms with Gasteiger partial charge in [-0.3, -0.25) is 14.1 Å². The minimum atomic E-state index is -0.0682. The molecule has 6 nitrogen and oxygen atoms in total. The van der Waals surface area contributed by atoms with Gasteiger partial charge in [-0.05, 0) is 42.7 Å². The molecule has 0 saturated carbocycles. The fourth-order valence-corrected chi connectivity index (χ4v) is 4.39. The molecule has 1 aliphatic rings. The van der Waals surface area contributed by atoms with E-state index in [1.807, 2.05) is 47.0 Å². The van der Waals surface area contributed by atoms with Crippen LogP contribution < -0.4 is 5.32 Å². The fourth-order valence-electron chi connectivity index (χ4n) is 4.20. The Morgan fingerprint density at radius 2 is 1.81 bits per heavy atom. The Balaban J connectivity index is 1.22. The van der Waals surface area contributed by atoms with Crippen LogP contribution in [0, 0.1) is 0 Å². The zero-order valence-electron chi connectivity index (χ0n) is 17.6. The van der Waals surface area contributed by atoms with Crippen LogP contribution in [-0.4, -0.2) is 44.5 Å². The zero-order chi connectivity index (χ0) is 21.9. The molecule has 1 N–H and O–H groups in total. The summed E-state index contributed by atoms with van der Waals surface area (Å²) in [4.78, 5) is 15.3. The minimum absolute atomic E-state index is 0.0682. The van der Waals surface area contributed by atoms with Gasteiger partial charge in [0, 0.05) is 48.0 Å². The number of halogens is 1. The lowest BCUT2D eigenvalue weighted by Crippen LogP contribution is -2.44. The van der Waals surface area contributed by atoms with Crippen LogP contribution in [0.1, 0.15) is 28.8 Å². The van der Waals surface area contributed by atoms with Crippen molar-refractivity contribution in [3.63, 3.8) is 0 Å². The molecule has 7 heteroatoms. The Morgan fingerprint density at radius 1 is 1.00 bits per heavy atom. The number of carbonyl (C=O) groups is 1. The Labute approximate surface area is 191 Å². The van der Waals surface area contributed by atoms with Gasteiger partial charge < -0.3 is 5.32 Å². The minimum Gasteiger partial charge on any atom is -0.349 e. The second-order valence-corrected chi connectivity index (χ2v) is 8.62. The number of pyridine rings is 1. The van der Waals surface area contributed by atoms with Crippen molar-refractivity contribution in [2.24, 2.45) is 0 Å². The number of hydrogen-bond acceptors (Lipinski definition) is 4. The maximum atomic E-state index is 12.9. The van der Waals surface area contributed by atoms with Gasteiger partial charge in [0.15, 0.2) is 11.5 Å². The number of benzene rings is 2. The van der Waals surface area contributed by atoms with Gasteiger partial charge in [-0.2, -0.15) is 0 Å². The first-order valence-corrected chi connectivity index (χ1v) is 11.2. The maximum absolute atomic E-state index is 12.9. The third-order valence-electron chi connectivity index (χ3n) is 5.93. The third-order valence-corrected chi connectivity index (χ3v) is 6.16. The van der Waals surface area contributed by atoms with Crippen molar-refractivity contribution in [3.05, 3.63) is 89.1 Å². The van der Waals surface area contributed by atoms with Crippen molar-refractivity contribution < 1.29 is 4.79 Å². The van der Waals surface area contributed by atoms with Crippen molar-refractivity contribution in [2.45, 2.75) is 25.4 Å². The van der Waals surface area contributed by atoms with Gasteiger partial charge in [0.25, 0.3) is 5.91 Å². The molecule has 162 valence electrons. The van der Waals surface area contributed by atoms with Crippen LogP contribution in [0.5, 0.6) is 0 Å². The van der Waals surface area contributed by atoms with Gasteiger partial charge in [-0.1, -0.05) is 54.1 Å². The number of rotatable bonds is 5. The molecule has 32 heavy (non-hydrogen) atoms. The zero-order valence-corrected chi connectivity index (χ0v) is 18.4. The van der Waals surface area contributed by atoms with Crippen LogP contribution >= 0.6 is 11.6 Å². The first-order valence-electron chi connectivity index (χ1n) is 10.8. The molecule has 1 aliphatic heterocycles. The lowest BCUT2D eigenvalue weighted by Gasteiger charge is -2.32. The Morgan fingerprint density at radius 3 is 2.59 bits per heavy atom. The summed E-state index contributed by atoms with van der Waals surface area (Å²) in [6.45, 7) is 2.91. The van der Waals surface area contributed by atoms with Gasteiger partial charge in [0.1, 0.15) is 0 Å². The molecule has 4 aromatic rings. The van der Waals surface area contributed by atoms with E-state index in [9.17, 15) is 4.79 Å². The number of likely N-dealkylation sites (tertiary alicyclic amines) is 1. The molecule has 0 radical (unpaired) electrons. The van der Waals surface area contributed by atoms with Crippen molar-refractivity contribution in [3.8, 4) is 11.4 Å². The van der Waals surface area contributed by atoms with Crippen LogP contribution in [0.4, 0.5) is 0 Å². The Hall–Kier alpha value is -3.22. The predicted molar refractivity (Wildman–Crippen MR) is 126 cm³/mol. The highest BCUT2D eigenvalue weighted by molar-refractivity contribution is 6.30. The van der Waals surface area contributed by atoms with Crippen molar-refractivity contribution >= 4 is 23.2 Å². The van der Waals surface area contributed by atoms with Crippen molar-refractivity contribution in [1.29, 1.82) is 0 Å². The normalized spacial score (nSPS) is 15.2. The lowest BCUT2D eigenvalue weighted by atomic mass is 10.0. The highest BCUT2D eigenvalue weighted by Gasteiger charge is 2.21. The quantitative estimate of drug-likeness (QED) is 0.493. The number of nitrogens with zero attached hydrogens (tertiary/aromatic N) is 4. The Bertz CT molecular complexity index is 1230. The highest BCUT2D eigenvalue weighted by atomic mass is 35.5. The van der Waals surface area contributed by atoms with Gasteiger partial charge in [0.2, 0.25) is 0 Å². The number of aromatic nitrogens is 3. The highest BCUT2D eigenvalue weighted by Crippen LogP contribution is 2.22. The molecule has 1 fully saturated rings. The van der Waals surface area contributed by atoms with Crippen LogP contribution in [-0.2, 0) is 6.54 Å². The monoisotopic (exact) mass is 445 g/mol. The average Bonchev–Trinajstić information content (AvgIpc) is 3.24. The molecular formula is C25H24ClN5O. The number of amides is 1. The molecule has 0 bridgehead atoms. The largest absolute Gasteiger partial charge is 0.349 e. The summed E-state index contributed by atoms with van der Waals surface area (Å²) in [6.07, 6.45) is 3.73. The van der Waals surface area contributed by atoms with Crippen LogP contribution in [0.15, 0.2) is 72.9 Å². The Kier molecular flexibility index (Phi) is 5.88. The summed E-state index contributed by atoms with van der Waals surface area (Å²) in [5, 5.41) is 12.4. The van der Waals surface area contributed by atoms with Gasteiger partial charge >= 0.3 is 0 Å². The standard InChI is InChI=1S/C25H24ClN5O/c26-21-8-4-7-19(15-21)24-29-28-23-16-20(9-14-31(23)24)25(32)27-22-10-12-30(13-11-22)17-18-5-2-1-3-6-18/h1-9,14-16,22H,10-13,17H2,(H,27,32). The van der Waals surface area contributed by atoms with E-state index in [0.29, 0.717) is 22.1 Å². The second kappa shape index (κ2) is 9.10. The number of fused-ring (bicyclic) bond motifs is 1. The maximum Gasteiger partial charge on any atom is 0.251 e. The summed E-state index contributed by atoms with van der Waals surface area (Å²) in [6, 6.07) is 21.8. The van der Waals surface area contributed by atoms with E-state index < -0.39 is 0 Å². The van der Waals surface area contributed by atoms with Crippen LogP contribution in [0.25, 0.3) is 17.0 Å². The number of nitrogens with one attached hydrogen (secondary N) is 1. The van der Waals surface area contributed by atoms with Gasteiger partial charge in [0.05, 0.1) is 0 Å². The van der Waals surface area contributed by atoms with Gasteiger partial charge in [-0.15, -0.1) is 10.2 Å². The van der Waals surface area contributed by atoms with E-state index >= 15 is 0 Å². The summed E-state index contributed by atoms with van der Waals surface area (Å²) in [5.74, 6) is 0.626. The van der Waals surface area contributed by atoms with E-state index in [4.69, 9.17) is 11.6 Å². The summed E-state index contributed by atoms with van der Waals surface area (Å²) in [7, 11) is 0. The lowest BCUT2D eigenvalue weighted by molar-refractivity contribution is 0.0909. The van der Waals surface area contributed by atoms with E-state index in [-0.39, 0.29) is 11.9 Å². The number of piperidine rings is 1. The summed E-state index contributed by atoms with van der Waals surface area (Å²) < 4.78 is 1.87. The molecular weight excluding hydrogens is 422 g/mol. The SMILES string of the molecule is O=C(NC1CCN(Cc2ccccc2)CC1)c1ccn2c(-c3cccc(Cl)c3)nnc2c1. The van der Waals surface area contributed by atoms with Gasteiger partial charge in [-0.25, -0.2) is 0 Å². The molecule has 2 aromatic carbocycles. The van der Waals surface area contributed by atoms with E-state index in [1.54, 1.807) is 6.07 Å². The average molecular weight is 446 g/mol. The fraction of sp³-hybridized carbons (Fsp3) is 0.240. The van der Waals surface area contributed by atoms with Crippen molar-refractivity contribution in [1.82, 2.24) is 24.8 Å². The first kappa shape index (κ1) is 20.7. The molecule has 1 saturated heterocycles. The smallest absolute Gasteiger partial charge is 0.251 e. The topological polar surface area (TPSA) is 62.5 Å². The van der Waals surface area contributed by atoms with E-state index in [1.165, 1.54) is 5.56 Å². The van der Waals surface area contributed by atoms with Crippen LogP contribution in [0.3, 0.4) is 0 Å². The molecule has 0 atom stereocenters.